The van der Waals surface area contributed by atoms with E-state index in [2.05, 4.69) is 16.4 Å². The highest BCUT2D eigenvalue weighted by atomic mass is 32.2. The number of carbonyl (C=O) groups excluding carboxylic acids is 1. The fourth-order valence-electron chi connectivity index (χ4n) is 3.05. The third kappa shape index (κ3) is 4.03. The second kappa shape index (κ2) is 8.02. The van der Waals surface area contributed by atoms with Crippen molar-refractivity contribution in [1.29, 1.82) is 5.26 Å². The molecular formula is C19H17N3O3S. The van der Waals surface area contributed by atoms with Crippen molar-refractivity contribution in [2.75, 3.05) is 0 Å². The normalized spacial score (nSPS) is 22.3. The number of amides is 1. The van der Waals surface area contributed by atoms with Crippen molar-refractivity contribution < 1.29 is 14.7 Å². The van der Waals surface area contributed by atoms with Crippen LogP contribution >= 0.6 is 11.8 Å². The van der Waals surface area contributed by atoms with Crippen LogP contribution in [-0.2, 0) is 10.5 Å². The molecule has 7 heteroatoms. The molecule has 1 fully saturated rings. The van der Waals surface area contributed by atoms with Gasteiger partial charge in [-0.15, -0.1) is 11.8 Å². The van der Waals surface area contributed by atoms with Crippen molar-refractivity contribution in [2.24, 2.45) is 5.92 Å². The van der Waals surface area contributed by atoms with E-state index in [-0.39, 0.29) is 35.1 Å². The molecule has 3 rings (SSSR count). The van der Waals surface area contributed by atoms with Gasteiger partial charge in [-0.05, 0) is 29.3 Å². The molecule has 1 aliphatic heterocycles. The first kappa shape index (κ1) is 18.0. The van der Waals surface area contributed by atoms with E-state index < -0.39 is 5.97 Å². The van der Waals surface area contributed by atoms with Crippen molar-refractivity contribution in [3.8, 4) is 6.07 Å². The van der Waals surface area contributed by atoms with Crippen LogP contribution in [0.1, 0.15) is 33.8 Å². The van der Waals surface area contributed by atoms with Gasteiger partial charge in [0.25, 0.3) is 0 Å². The molecule has 26 heavy (non-hydrogen) atoms. The number of hydrogen-bond donors (Lipinski definition) is 2. The van der Waals surface area contributed by atoms with E-state index in [1.807, 2.05) is 12.1 Å². The second-order valence-corrected chi connectivity index (χ2v) is 7.19. The Morgan fingerprint density at radius 1 is 1.38 bits per heavy atom. The number of nitriles is 1. The van der Waals surface area contributed by atoms with Crippen molar-refractivity contribution in [3.63, 3.8) is 0 Å². The predicted octanol–water partition coefficient (Wildman–Crippen LogP) is 2.78. The SMILES string of the molecule is N#CC1C(SCc2cccc(C(=O)O)c2)NC(=O)CC1c1cccnc1. The third-order valence-electron chi connectivity index (χ3n) is 4.33. The molecule has 1 amide bonds. The molecule has 3 unspecified atom stereocenters. The van der Waals surface area contributed by atoms with Crippen LogP contribution in [0.3, 0.4) is 0 Å². The van der Waals surface area contributed by atoms with Crippen LogP contribution in [0.5, 0.6) is 0 Å². The predicted molar refractivity (Wildman–Crippen MR) is 97.3 cm³/mol. The lowest BCUT2D eigenvalue weighted by atomic mass is 9.82. The largest absolute Gasteiger partial charge is 0.478 e. The summed E-state index contributed by atoms with van der Waals surface area (Å²) in [6.45, 7) is 0. The zero-order valence-electron chi connectivity index (χ0n) is 13.8. The van der Waals surface area contributed by atoms with E-state index in [0.717, 1.165) is 11.1 Å². The number of aromatic nitrogens is 1. The maximum absolute atomic E-state index is 12.1. The number of pyridine rings is 1. The zero-order chi connectivity index (χ0) is 18.5. The summed E-state index contributed by atoms with van der Waals surface area (Å²) in [4.78, 5) is 27.3. The van der Waals surface area contributed by atoms with Crippen molar-refractivity contribution in [1.82, 2.24) is 10.3 Å². The minimum atomic E-state index is -0.977. The van der Waals surface area contributed by atoms with Gasteiger partial charge in [-0.2, -0.15) is 5.26 Å². The lowest BCUT2D eigenvalue weighted by Gasteiger charge is -2.34. The fraction of sp³-hybridized carbons (Fsp3) is 0.263. The number of piperidine rings is 1. The molecule has 3 atom stereocenters. The van der Waals surface area contributed by atoms with Crippen molar-refractivity contribution in [2.45, 2.75) is 23.5 Å². The molecule has 6 nitrogen and oxygen atoms in total. The Morgan fingerprint density at radius 3 is 2.92 bits per heavy atom. The number of carbonyl (C=O) groups is 2. The summed E-state index contributed by atoms with van der Waals surface area (Å²) in [5.74, 6) is -1.16. The Morgan fingerprint density at radius 2 is 2.23 bits per heavy atom. The Kier molecular flexibility index (Phi) is 5.54. The Bertz CT molecular complexity index is 851. The molecular weight excluding hydrogens is 350 g/mol. The number of aromatic carboxylic acids is 1. The quantitative estimate of drug-likeness (QED) is 0.842. The van der Waals surface area contributed by atoms with Crippen LogP contribution in [0, 0.1) is 17.2 Å². The third-order valence-corrected chi connectivity index (χ3v) is 5.60. The van der Waals surface area contributed by atoms with E-state index in [1.54, 1.807) is 30.6 Å². The van der Waals surface area contributed by atoms with E-state index in [9.17, 15) is 14.9 Å². The number of rotatable bonds is 5. The van der Waals surface area contributed by atoms with Gasteiger partial charge >= 0.3 is 5.97 Å². The van der Waals surface area contributed by atoms with E-state index in [4.69, 9.17) is 5.11 Å². The molecule has 2 N–H and O–H groups in total. The topological polar surface area (TPSA) is 103 Å². The Balaban J connectivity index is 1.76. The zero-order valence-corrected chi connectivity index (χ0v) is 14.6. The van der Waals surface area contributed by atoms with Crippen molar-refractivity contribution >= 4 is 23.6 Å². The van der Waals surface area contributed by atoms with Crippen LogP contribution < -0.4 is 5.32 Å². The number of nitrogens with one attached hydrogen (secondary N) is 1. The van der Waals surface area contributed by atoms with Gasteiger partial charge in [0.1, 0.15) is 0 Å². The molecule has 0 aliphatic carbocycles. The highest BCUT2D eigenvalue weighted by molar-refractivity contribution is 7.99. The summed E-state index contributed by atoms with van der Waals surface area (Å²) in [5.41, 5.74) is 1.94. The van der Waals surface area contributed by atoms with Gasteiger partial charge in [0, 0.05) is 30.5 Å². The van der Waals surface area contributed by atoms with Crippen LogP contribution in [0.25, 0.3) is 0 Å². The standard InChI is InChI=1S/C19H17N3O3S/c20-9-16-15(14-5-2-6-21-10-14)8-17(23)22-18(16)26-11-12-3-1-4-13(7-12)19(24)25/h1-7,10,15-16,18H,8,11H2,(H,22,23)(H,24,25). The van der Waals surface area contributed by atoms with Crippen LogP contribution in [0.15, 0.2) is 48.8 Å². The monoisotopic (exact) mass is 367 g/mol. The van der Waals surface area contributed by atoms with Gasteiger partial charge in [0.15, 0.2) is 0 Å². The summed E-state index contributed by atoms with van der Waals surface area (Å²) in [7, 11) is 0. The number of nitrogens with zero attached hydrogens (tertiary/aromatic N) is 2. The van der Waals surface area contributed by atoms with Crippen LogP contribution in [0.2, 0.25) is 0 Å². The fourth-order valence-corrected chi connectivity index (χ4v) is 4.27. The number of carboxylic acid groups (broad SMARTS) is 1. The summed E-state index contributed by atoms with van der Waals surface area (Å²) in [5, 5.41) is 21.3. The van der Waals surface area contributed by atoms with Gasteiger partial charge in [-0.1, -0.05) is 18.2 Å². The summed E-state index contributed by atoms with van der Waals surface area (Å²) < 4.78 is 0. The maximum Gasteiger partial charge on any atom is 0.335 e. The molecule has 2 heterocycles. The average Bonchev–Trinajstić information content (AvgIpc) is 2.66. The first-order valence-electron chi connectivity index (χ1n) is 8.11. The van der Waals surface area contributed by atoms with Crippen molar-refractivity contribution in [3.05, 3.63) is 65.5 Å². The lowest BCUT2D eigenvalue weighted by Crippen LogP contribution is -2.46. The van der Waals surface area contributed by atoms with Gasteiger partial charge in [0.05, 0.1) is 22.9 Å². The number of carboxylic acids is 1. The summed E-state index contributed by atoms with van der Waals surface area (Å²) in [6.07, 6.45) is 3.62. The van der Waals surface area contributed by atoms with E-state index in [0.29, 0.717) is 5.75 Å². The van der Waals surface area contributed by atoms with Gasteiger partial charge < -0.3 is 10.4 Å². The second-order valence-electron chi connectivity index (χ2n) is 6.06. The molecule has 1 aromatic carbocycles. The molecule has 0 radical (unpaired) electrons. The molecule has 1 saturated heterocycles. The lowest BCUT2D eigenvalue weighted by molar-refractivity contribution is -0.123. The van der Waals surface area contributed by atoms with E-state index in [1.165, 1.54) is 17.8 Å². The summed E-state index contributed by atoms with van der Waals surface area (Å²) >= 11 is 1.44. The molecule has 132 valence electrons. The molecule has 0 spiro atoms. The average molecular weight is 367 g/mol. The van der Waals surface area contributed by atoms with Crippen LogP contribution in [0.4, 0.5) is 0 Å². The molecule has 1 aromatic heterocycles. The maximum atomic E-state index is 12.1. The molecule has 2 aromatic rings. The molecule has 1 aliphatic rings. The van der Waals surface area contributed by atoms with Gasteiger partial charge in [-0.3, -0.25) is 9.78 Å². The van der Waals surface area contributed by atoms with Gasteiger partial charge in [-0.25, -0.2) is 4.79 Å². The highest BCUT2D eigenvalue weighted by Gasteiger charge is 2.38. The number of hydrogen-bond acceptors (Lipinski definition) is 5. The van der Waals surface area contributed by atoms with E-state index >= 15 is 0 Å². The van der Waals surface area contributed by atoms with Crippen LogP contribution in [-0.4, -0.2) is 27.3 Å². The Labute approximate surface area is 155 Å². The van der Waals surface area contributed by atoms with Gasteiger partial charge in [0.2, 0.25) is 5.91 Å². The minimum Gasteiger partial charge on any atom is -0.478 e. The minimum absolute atomic E-state index is 0.0952. The first-order valence-corrected chi connectivity index (χ1v) is 9.16. The molecule has 0 bridgehead atoms. The first-order chi connectivity index (χ1) is 12.6. The molecule has 0 saturated carbocycles. The highest BCUT2D eigenvalue weighted by Crippen LogP contribution is 2.37. The number of benzene rings is 1. The Hall–Kier alpha value is -2.85. The number of thioether (sulfide) groups is 1. The summed E-state index contributed by atoms with van der Waals surface area (Å²) in [6, 6.07) is 12.7. The smallest absolute Gasteiger partial charge is 0.335 e.